The third-order valence-corrected chi connectivity index (χ3v) is 6.84. The molecule has 0 unspecified atom stereocenters. The number of aromatic nitrogens is 2. The van der Waals surface area contributed by atoms with Crippen LogP contribution < -0.4 is 14.4 Å². The van der Waals surface area contributed by atoms with E-state index in [0.717, 1.165) is 73.0 Å². The van der Waals surface area contributed by atoms with Gasteiger partial charge in [0.2, 0.25) is 12.7 Å². The second kappa shape index (κ2) is 8.81. The van der Waals surface area contributed by atoms with Gasteiger partial charge in [-0.1, -0.05) is 11.6 Å². The van der Waals surface area contributed by atoms with Crippen molar-refractivity contribution in [2.45, 2.75) is 25.3 Å². The van der Waals surface area contributed by atoms with E-state index in [1.807, 2.05) is 18.3 Å². The van der Waals surface area contributed by atoms with E-state index in [9.17, 15) is 0 Å². The number of hydrogen-bond acceptors (Lipinski definition) is 7. The summed E-state index contributed by atoms with van der Waals surface area (Å²) in [6.45, 7) is 6.17. The average molecular weight is 444 g/mol. The first-order valence-electron chi connectivity index (χ1n) is 11.1. The number of halogens is 1. The van der Waals surface area contributed by atoms with Gasteiger partial charge in [-0.2, -0.15) is 0 Å². The van der Waals surface area contributed by atoms with Crippen molar-refractivity contribution in [3.8, 4) is 11.5 Å². The van der Waals surface area contributed by atoms with Gasteiger partial charge >= 0.3 is 0 Å². The molecule has 5 rings (SSSR count). The smallest absolute Gasteiger partial charge is 0.231 e. The van der Waals surface area contributed by atoms with Gasteiger partial charge in [-0.05, 0) is 50.6 Å². The molecule has 0 bridgehead atoms. The van der Waals surface area contributed by atoms with Gasteiger partial charge in [0.05, 0.1) is 5.69 Å². The molecular formula is C23H30ClN5O2. The fraction of sp³-hybridized carbons (Fsp3) is 0.565. The Labute approximate surface area is 188 Å². The van der Waals surface area contributed by atoms with E-state index in [1.54, 1.807) is 0 Å². The SMILES string of the molecule is CN(C)C[C@@H]1CN(Cc2cc3c(cc2Cl)OCO3)C[C@H]1c1ccnc(N2CCCC2)n1. The van der Waals surface area contributed by atoms with E-state index in [-0.39, 0.29) is 6.79 Å². The van der Waals surface area contributed by atoms with Gasteiger partial charge in [-0.3, -0.25) is 4.90 Å². The minimum absolute atomic E-state index is 0.263. The van der Waals surface area contributed by atoms with Crippen molar-refractivity contribution in [1.29, 1.82) is 0 Å². The fourth-order valence-electron chi connectivity index (χ4n) is 5.04. The Morgan fingerprint density at radius 2 is 1.90 bits per heavy atom. The Hall–Kier alpha value is -2.09. The molecule has 0 spiro atoms. The summed E-state index contributed by atoms with van der Waals surface area (Å²) in [6.07, 6.45) is 4.38. The normalized spacial score (nSPS) is 23.3. The lowest BCUT2D eigenvalue weighted by Crippen LogP contribution is -2.27. The molecule has 166 valence electrons. The molecule has 0 aliphatic carbocycles. The molecule has 31 heavy (non-hydrogen) atoms. The number of hydrogen-bond donors (Lipinski definition) is 0. The third kappa shape index (κ3) is 4.45. The van der Waals surface area contributed by atoms with Crippen molar-refractivity contribution in [2.75, 3.05) is 58.5 Å². The molecule has 3 aliphatic rings. The lowest BCUT2D eigenvalue weighted by atomic mass is 9.92. The van der Waals surface area contributed by atoms with Crippen molar-refractivity contribution in [3.63, 3.8) is 0 Å². The van der Waals surface area contributed by atoms with Gasteiger partial charge in [0, 0.05) is 62.5 Å². The van der Waals surface area contributed by atoms with Crippen LogP contribution in [0.3, 0.4) is 0 Å². The molecule has 0 radical (unpaired) electrons. The van der Waals surface area contributed by atoms with Crippen molar-refractivity contribution >= 4 is 17.5 Å². The maximum atomic E-state index is 6.56. The van der Waals surface area contributed by atoms with Crippen LogP contribution in [0.15, 0.2) is 24.4 Å². The van der Waals surface area contributed by atoms with Crippen molar-refractivity contribution in [3.05, 3.63) is 40.7 Å². The van der Waals surface area contributed by atoms with Crippen LogP contribution in [0.4, 0.5) is 5.95 Å². The van der Waals surface area contributed by atoms with Gasteiger partial charge in [0.15, 0.2) is 11.5 Å². The molecule has 0 amide bonds. The predicted octanol–water partition coefficient (Wildman–Crippen LogP) is 3.24. The molecule has 8 heteroatoms. The van der Waals surface area contributed by atoms with Crippen LogP contribution in [0, 0.1) is 5.92 Å². The van der Waals surface area contributed by atoms with E-state index in [4.69, 9.17) is 26.1 Å². The summed E-state index contributed by atoms with van der Waals surface area (Å²) in [5, 5.41) is 0.732. The minimum Gasteiger partial charge on any atom is -0.454 e. The lowest BCUT2D eigenvalue weighted by molar-refractivity contribution is 0.174. The molecule has 3 aliphatic heterocycles. The number of likely N-dealkylation sites (tertiary alicyclic amines) is 1. The first kappa shape index (κ1) is 20.8. The fourth-order valence-corrected chi connectivity index (χ4v) is 5.25. The maximum absolute atomic E-state index is 6.56. The summed E-state index contributed by atoms with van der Waals surface area (Å²) in [5.41, 5.74) is 2.23. The van der Waals surface area contributed by atoms with Gasteiger partial charge in [-0.25, -0.2) is 9.97 Å². The summed E-state index contributed by atoms with van der Waals surface area (Å²) in [5.74, 6) is 3.28. The minimum atomic E-state index is 0.263. The number of fused-ring (bicyclic) bond motifs is 1. The van der Waals surface area contributed by atoms with Crippen LogP contribution >= 0.6 is 11.6 Å². The van der Waals surface area contributed by atoms with Crippen molar-refractivity contribution in [1.82, 2.24) is 19.8 Å². The Kier molecular flexibility index (Phi) is 5.91. The molecule has 1 aromatic heterocycles. The molecule has 1 aromatic carbocycles. The predicted molar refractivity (Wildman–Crippen MR) is 121 cm³/mol. The number of ether oxygens (including phenoxy) is 2. The Bertz CT molecular complexity index is 934. The number of anilines is 1. The van der Waals surface area contributed by atoms with Gasteiger partial charge < -0.3 is 19.3 Å². The van der Waals surface area contributed by atoms with Crippen LogP contribution in [-0.4, -0.2) is 73.4 Å². The van der Waals surface area contributed by atoms with Crippen LogP contribution in [0.2, 0.25) is 5.02 Å². The standard InChI is InChI=1S/C23H30ClN5O2/c1-27(2)11-17-13-28(12-16-9-21-22(10-19(16)24)31-15-30-21)14-18(17)20-5-6-25-23(26-20)29-7-3-4-8-29/h5-6,9-10,17-18H,3-4,7-8,11-15H2,1-2H3/t17-,18-/m1/s1. The van der Waals surface area contributed by atoms with Crippen molar-refractivity contribution < 1.29 is 9.47 Å². The first-order chi connectivity index (χ1) is 15.1. The molecule has 7 nitrogen and oxygen atoms in total. The molecule has 0 N–H and O–H groups in total. The van der Waals surface area contributed by atoms with Gasteiger partial charge in [0.25, 0.3) is 0 Å². The van der Waals surface area contributed by atoms with Crippen LogP contribution in [0.1, 0.15) is 30.0 Å². The largest absolute Gasteiger partial charge is 0.454 e. The molecule has 2 aromatic rings. The Balaban J connectivity index is 1.36. The zero-order valence-electron chi connectivity index (χ0n) is 18.3. The summed E-state index contributed by atoms with van der Waals surface area (Å²) in [7, 11) is 4.29. The van der Waals surface area contributed by atoms with E-state index in [2.05, 4.69) is 39.8 Å². The summed E-state index contributed by atoms with van der Waals surface area (Å²) in [6, 6.07) is 6.00. The summed E-state index contributed by atoms with van der Waals surface area (Å²) >= 11 is 6.56. The second-order valence-electron chi connectivity index (χ2n) is 9.10. The molecule has 2 saturated heterocycles. The number of benzene rings is 1. The van der Waals surface area contributed by atoms with Crippen LogP contribution in [0.25, 0.3) is 0 Å². The monoisotopic (exact) mass is 443 g/mol. The number of rotatable bonds is 6. The van der Waals surface area contributed by atoms with Gasteiger partial charge in [-0.15, -0.1) is 0 Å². The zero-order valence-corrected chi connectivity index (χ0v) is 19.0. The number of nitrogens with zero attached hydrogens (tertiary/aromatic N) is 5. The van der Waals surface area contributed by atoms with E-state index in [0.29, 0.717) is 11.8 Å². The third-order valence-electron chi connectivity index (χ3n) is 6.49. The van der Waals surface area contributed by atoms with E-state index < -0.39 is 0 Å². The molecule has 0 saturated carbocycles. The van der Waals surface area contributed by atoms with Crippen molar-refractivity contribution in [2.24, 2.45) is 5.92 Å². The van der Waals surface area contributed by atoms with Crippen LogP contribution in [0.5, 0.6) is 11.5 Å². The highest BCUT2D eigenvalue weighted by atomic mass is 35.5. The summed E-state index contributed by atoms with van der Waals surface area (Å²) in [4.78, 5) is 16.6. The quantitative estimate of drug-likeness (QED) is 0.679. The lowest BCUT2D eigenvalue weighted by Gasteiger charge is -2.23. The molecule has 2 fully saturated rings. The highest BCUT2D eigenvalue weighted by Crippen LogP contribution is 2.39. The van der Waals surface area contributed by atoms with Crippen LogP contribution in [-0.2, 0) is 6.54 Å². The Morgan fingerprint density at radius 1 is 1.13 bits per heavy atom. The van der Waals surface area contributed by atoms with E-state index >= 15 is 0 Å². The van der Waals surface area contributed by atoms with Gasteiger partial charge in [0.1, 0.15) is 0 Å². The van der Waals surface area contributed by atoms with E-state index in [1.165, 1.54) is 12.8 Å². The maximum Gasteiger partial charge on any atom is 0.231 e. The second-order valence-corrected chi connectivity index (χ2v) is 9.50. The summed E-state index contributed by atoms with van der Waals surface area (Å²) < 4.78 is 11.0. The zero-order chi connectivity index (χ0) is 21.4. The average Bonchev–Trinajstić information content (AvgIpc) is 3.49. The molecule has 4 heterocycles. The Morgan fingerprint density at radius 3 is 2.68 bits per heavy atom. The molecule has 2 atom stereocenters. The first-order valence-corrected chi connectivity index (χ1v) is 11.5. The highest BCUT2D eigenvalue weighted by molar-refractivity contribution is 6.31. The topological polar surface area (TPSA) is 54.0 Å². The molecular weight excluding hydrogens is 414 g/mol. The highest BCUT2D eigenvalue weighted by Gasteiger charge is 2.36.